The Balaban J connectivity index is 2.43. The highest BCUT2D eigenvalue weighted by Crippen LogP contribution is 2.05. The number of methoxy groups -OCH3 is 1. The second kappa shape index (κ2) is 8.66. The van der Waals surface area contributed by atoms with Gasteiger partial charge in [-0.2, -0.15) is 0 Å². The van der Waals surface area contributed by atoms with Crippen molar-refractivity contribution >= 4 is 5.97 Å². The summed E-state index contributed by atoms with van der Waals surface area (Å²) in [4.78, 5) is 11.6. The van der Waals surface area contributed by atoms with E-state index in [1.807, 2.05) is 30.3 Å². The topological polar surface area (TPSA) is 64.3 Å². The zero-order valence-corrected chi connectivity index (χ0v) is 10.9. The Labute approximate surface area is 109 Å². The lowest BCUT2D eigenvalue weighted by Gasteiger charge is -2.16. The van der Waals surface area contributed by atoms with Gasteiger partial charge in [-0.05, 0) is 24.9 Å². The van der Waals surface area contributed by atoms with Crippen molar-refractivity contribution in [3.8, 4) is 0 Å². The van der Waals surface area contributed by atoms with E-state index in [1.165, 1.54) is 7.11 Å². The van der Waals surface area contributed by atoms with Crippen LogP contribution < -0.4 is 11.1 Å². The number of carbonyl (C=O) groups is 1. The average Bonchev–Trinajstić information content (AvgIpc) is 2.43. The number of ether oxygens (including phenoxy) is 1. The molecule has 100 valence electrons. The molecule has 0 bridgehead atoms. The van der Waals surface area contributed by atoms with Crippen molar-refractivity contribution in [2.45, 2.75) is 31.8 Å². The summed E-state index contributed by atoms with van der Waals surface area (Å²) in [6, 6.07) is 9.75. The Hall–Kier alpha value is -1.39. The standard InChI is InChI=1S/C14H22N2O2/c1-18-14(17)13(9-5-6-10-15)16-11-12-7-3-2-4-8-12/h2-4,7-8,13,16H,5-6,9-11,15H2,1H3. The minimum atomic E-state index is -0.248. The van der Waals surface area contributed by atoms with Crippen molar-refractivity contribution in [3.63, 3.8) is 0 Å². The van der Waals surface area contributed by atoms with Crippen LogP contribution in [0.25, 0.3) is 0 Å². The smallest absolute Gasteiger partial charge is 0.322 e. The number of carbonyl (C=O) groups excluding carboxylic acids is 1. The van der Waals surface area contributed by atoms with Gasteiger partial charge in [0.25, 0.3) is 0 Å². The van der Waals surface area contributed by atoms with Gasteiger partial charge in [0.1, 0.15) is 6.04 Å². The number of nitrogens with two attached hydrogens (primary N) is 1. The maximum Gasteiger partial charge on any atom is 0.322 e. The van der Waals surface area contributed by atoms with E-state index in [4.69, 9.17) is 10.5 Å². The SMILES string of the molecule is COC(=O)C(CCCCN)NCc1ccccc1. The Morgan fingerprint density at radius 2 is 2.06 bits per heavy atom. The van der Waals surface area contributed by atoms with E-state index in [-0.39, 0.29) is 12.0 Å². The second-order valence-corrected chi connectivity index (χ2v) is 4.23. The van der Waals surface area contributed by atoms with E-state index in [0.717, 1.165) is 24.8 Å². The molecule has 1 aromatic carbocycles. The number of unbranched alkanes of at least 4 members (excludes halogenated alkanes) is 1. The van der Waals surface area contributed by atoms with Crippen LogP contribution in [0.2, 0.25) is 0 Å². The molecule has 0 spiro atoms. The molecule has 0 aliphatic rings. The molecular formula is C14H22N2O2. The first-order chi connectivity index (χ1) is 8.77. The predicted molar refractivity (Wildman–Crippen MR) is 72.0 cm³/mol. The summed E-state index contributed by atoms with van der Waals surface area (Å²) < 4.78 is 4.80. The second-order valence-electron chi connectivity index (χ2n) is 4.23. The van der Waals surface area contributed by atoms with Gasteiger partial charge in [0, 0.05) is 6.54 Å². The molecule has 4 heteroatoms. The van der Waals surface area contributed by atoms with Gasteiger partial charge in [0.15, 0.2) is 0 Å². The molecule has 1 rings (SSSR count). The van der Waals surface area contributed by atoms with Gasteiger partial charge in [0.05, 0.1) is 7.11 Å². The Morgan fingerprint density at radius 3 is 2.67 bits per heavy atom. The summed E-state index contributed by atoms with van der Waals surface area (Å²) in [5.74, 6) is -0.206. The van der Waals surface area contributed by atoms with Crippen LogP contribution in [-0.2, 0) is 16.1 Å². The number of rotatable bonds is 8. The number of hydrogen-bond donors (Lipinski definition) is 2. The first-order valence-electron chi connectivity index (χ1n) is 6.33. The normalized spacial score (nSPS) is 12.1. The van der Waals surface area contributed by atoms with Crippen LogP contribution in [-0.4, -0.2) is 25.7 Å². The lowest BCUT2D eigenvalue weighted by Crippen LogP contribution is -2.37. The molecule has 0 aliphatic carbocycles. The molecule has 0 fully saturated rings. The van der Waals surface area contributed by atoms with Gasteiger partial charge in [-0.3, -0.25) is 4.79 Å². The Morgan fingerprint density at radius 1 is 1.33 bits per heavy atom. The van der Waals surface area contributed by atoms with Gasteiger partial charge < -0.3 is 15.8 Å². The fraction of sp³-hybridized carbons (Fsp3) is 0.500. The van der Waals surface area contributed by atoms with Crippen molar-refractivity contribution in [2.75, 3.05) is 13.7 Å². The fourth-order valence-corrected chi connectivity index (χ4v) is 1.78. The highest BCUT2D eigenvalue weighted by atomic mass is 16.5. The van der Waals surface area contributed by atoms with Gasteiger partial charge >= 0.3 is 5.97 Å². The van der Waals surface area contributed by atoms with Crippen LogP contribution in [0.15, 0.2) is 30.3 Å². The van der Waals surface area contributed by atoms with E-state index >= 15 is 0 Å². The molecule has 0 saturated carbocycles. The zero-order chi connectivity index (χ0) is 13.2. The molecule has 1 aromatic rings. The van der Waals surface area contributed by atoms with Crippen molar-refractivity contribution in [2.24, 2.45) is 5.73 Å². The third kappa shape index (κ3) is 5.29. The maximum atomic E-state index is 11.6. The quantitative estimate of drug-likeness (QED) is 0.541. The first-order valence-corrected chi connectivity index (χ1v) is 6.33. The summed E-state index contributed by atoms with van der Waals surface area (Å²) in [6.45, 7) is 1.33. The van der Waals surface area contributed by atoms with Crippen molar-refractivity contribution in [1.29, 1.82) is 0 Å². The molecule has 0 radical (unpaired) electrons. The molecule has 3 N–H and O–H groups in total. The number of nitrogens with one attached hydrogen (secondary N) is 1. The van der Waals surface area contributed by atoms with E-state index < -0.39 is 0 Å². The third-order valence-electron chi connectivity index (χ3n) is 2.83. The first kappa shape index (κ1) is 14.7. The maximum absolute atomic E-state index is 11.6. The summed E-state index contributed by atoms with van der Waals surface area (Å²) >= 11 is 0. The number of benzene rings is 1. The van der Waals surface area contributed by atoms with Gasteiger partial charge in [-0.15, -0.1) is 0 Å². The van der Waals surface area contributed by atoms with Crippen molar-refractivity contribution in [3.05, 3.63) is 35.9 Å². The molecular weight excluding hydrogens is 228 g/mol. The Kier molecular flexibility index (Phi) is 7.06. The van der Waals surface area contributed by atoms with Crippen LogP contribution in [0.4, 0.5) is 0 Å². The minimum Gasteiger partial charge on any atom is -0.468 e. The molecule has 0 aliphatic heterocycles. The minimum absolute atomic E-state index is 0.206. The van der Waals surface area contributed by atoms with Crippen molar-refractivity contribution in [1.82, 2.24) is 5.32 Å². The summed E-state index contributed by atoms with van der Waals surface area (Å²) in [5.41, 5.74) is 6.61. The third-order valence-corrected chi connectivity index (χ3v) is 2.83. The summed E-state index contributed by atoms with van der Waals surface area (Å²) in [5, 5.41) is 3.23. The lowest BCUT2D eigenvalue weighted by molar-refractivity contribution is -0.143. The van der Waals surface area contributed by atoms with Gasteiger partial charge in [-0.1, -0.05) is 36.8 Å². The van der Waals surface area contributed by atoms with E-state index in [2.05, 4.69) is 5.32 Å². The van der Waals surface area contributed by atoms with Crippen LogP contribution >= 0.6 is 0 Å². The van der Waals surface area contributed by atoms with Gasteiger partial charge in [-0.25, -0.2) is 0 Å². The predicted octanol–water partition coefficient (Wildman–Crippen LogP) is 1.45. The van der Waals surface area contributed by atoms with Gasteiger partial charge in [0.2, 0.25) is 0 Å². The summed E-state index contributed by atoms with van der Waals surface area (Å²) in [7, 11) is 1.42. The molecule has 0 heterocycles. The lowest BCUT2D eigenvalue weighted by atomic mass is 10.1. The molecule has 4 nitrogen and oxygen atoms in total. The van der Waals surface area contributed by atoms with E-state index in [0.29, 0.717) is 13.1 Å². The largest absolute Gasteiger partial charge is 0.468 e. The Bertz CT molecular complexity index is 341. The van der Waals surface area contributed by atoms with Crippen LogP contribution in [0, 0.1) is 0 Å². The molecule has 1 unspecified atom stereocenters. The molecule has 18 heavy (non-hydrogen) atoms. The van der Waals surface area contributed by atoms with E-state index in [9.17, 15) is 4.79 Å². The van der Waals surface area contributed by atoms with Crippen LogP contribution in [0.1, 0.15) is 24.8 Å². The molecule has 0 saturated heterocycles. The summed E-state index contributed by atoms with van der Waals surface area (Å²) in [6.07, 6.45) is 2.62. The monoisotopic (exact) mass is 250 g/mol. The highest BCUT2D eigenvalue weighted by Gasteiger charge is 2.17. The molecule has 1 atom stereocenters. The molecule has 0 amide bonds. The fourth-order valence-electron chi connectivity index (χ4n) is 1.78. The van der Waals surface area contributed by atoms with E-state index in [1.54, 1.807) is 0 Å². The number of hydrogen-bond acceptors (Lipinski definition) is 4. The average molecular weight is 250 g/mol. The number of esters is 1. The van der Waals surface area contributed by atoms with Crippen LogP contribution in [0.5, 0.6) is 0 Å². The van der Waals surface area contributed by atoms with Crippen LogP contribution in [0.3, 0.4) is 0 Å². The highest BCUT2D eigenvalue weighted by molar-refractivity contribution is 5.75. The zero-order valence-electron chi connectivity index (χ0n) is 10.9. The van der Waals surface area contributed by atoms with Crippen molar-refractivity contribution < 1.29 is 9.53 Å². The molecule has 0 aromatic heterocycles.